The zero-order valence-electron chi connectivity index (χ0n) is 14.7. The van der Waals surface area contributed by atoms with E-state index < -0.39 is 0 Å². The zero-order valence-corrected chi connectivity index (χ0v) is 14.7. The van der Waals surface area contributed by atoms with Gasteiger partial charge in [-0.05, 0) is 11.6 Å². The SMILES string of the molecule is C=C(c1cccnc1)c1nc(-c2cnn(Cc3ccccc3)c2)cnc1N. The van der Waals surface area contributed by atoms with Gasteiger partial charge in [0.1, 0.15) is 11.5 Å². The molecular weight excluding hydrogens is 336 g/mol. The van der Waals surface area contributed by atoms with E-state index in [1.165, 1.54) is 5.56 Å². The number of anilines is 1. The second kappa shape index (κ2) is 7.21. The fourth-order valence-electron chi connectivity index (χ4n) is 2.79. The zero-order chi connectivity index (χ0) is 18.6. The molecule has 0 bridgehead atoms. The molecule has 3 heterocycles. The summed E-state index contributed by atoms with van der Waals surface area (Å²) in [4.78, 5) is 13.1. The fourth-order valence-corrected chi connectivity index (χ4v) is 2.79. The van der Waals surface area contributed by atoms with Crippen molar-refractivity contribution in [2.45, 2.75) is 6.54 Å². The van der Waals surface area contributed by atoms with E-state index in [0.29, 0.717) is 29.3 Å². The largest absolute Gasteiger partial charge is 0.382 e. The molecule has 0 aliphatic heterocycles. The number of benzene rings is 1. The van der Waals surface area contributed by atoms with Crippen LogP contribution in [0.15, 0.2) is 80.0 Å². The lowest BCUT2D eigenvalue weighted by atomic mass is 10.1. The van der Waals surface area contributed by atoms with Gasteiger partial charge in [-0.25, -0.2) is 9.97 Å². The quantitative estimate of drug-likeness (QED) is 0.594. The minimum Gasteiger partial charge on any atom is -0.382 e. The number of hydrogen-bond acceptors (Lipinski definition) is 5. The van der Waals surface area contributed by atoms with E-state index in [2.05, 4.69) is 38.8 Å². The number of nitrogen functional groups attached to an aromatic ring is 1. The van der Waals surface area contributed by atoms with Crippen LogP contribution in [0.2, 0.25) is 0 Å². The van der Waals surface area contributed by atoms with Crippen molar-refractivity contribution >= 4 is 11.4 Å². The van der Waals surface area contributed by atoms with Gasteiger partial charge in [-0.1, -0.05) is 43.0 Å². The van der Waals surface area contributed by atoms with Gasteiger partial charge >= 0.3 is 0 Å². The molecule has 0 aliphatic rings. The summed E-state index contributed by atoms with van der Waals surface area (Å²) < 4.78 is 1.87. The monoisotopic (exact) mass is 354 g/mol. The molecule has 3 aromatic heterocycles. The van der Waals surface area contributed by atoms with Gasteiger partial charge < -0.3 is 5.73 Å². The Morgan fingerprint density at radius 2 is 1.89 bits per heavy atom. The minimum atomic E-state index is 0.337. The molecule has 27 heavy (non-hydrogen) atoms. The third-order valence-corrected chi connectivity index (χ3v) is 4.21. The topological polar surface area (TPSA) is 82.5 Å². The molecule has 132 valence electrons. The fraction of sp³-hybridized carbons (Fsp3) is 0.0476. The number of hydrogen-bond donors (Lipinski definition) is 1. The molecule has 0 unspecified atom stereocenters. The van der Waals surface area contributed by atoms with Crippen molar-refractivity contribution < 1.29 is 0 Å². The maximum absolute atomic E-state index is 6.04. The van der Waals surface area contributed by atoms with Crippen LogP contribution in [-0.4, -0.2) is 24.7 Å². The van der Waals surface area contributed by atoms with Gasteiger partial charge in [0, 0.05) is 35.3 Å². The molecule has 4 aromatic rings. The first-order valence-corrected chi connectivity index (χ1v) is 8.49. The normalized spacial score (nSPS) is 10.7. The van der Waals surface area contributed by atoms with Crippen molar-refractivity contribution in [3.05, 3.63) is 96.8 Å². The van der Waals surface area contributed by atoms with Crippen molar-refractivity contribution in [1.29, 1.82) is 0 Å². The van der Waals surface area contributed by atoms with Crippen LogP contribution in [0.1, 0.15) is 16.8 Å². The Bertz CT molecular complexity index is 1070. The van der Waals surface area contributed by atoms with Gasteiger partial charge in [-0.15, -0.1) is 0 Å². The van der Waals surface area contributed by atoms with E-state index in [0.717, 1.165) is 11.1 Å². The van der Waals surface area contributed by atoms with Gasteiger partial charge in [0.15, 0.2) is 0 Å². The summed E-state index contributed by atoms with van der Waals surface area (Å²) in [5, 5.41) is 4.43. The predicted molar refractivity (Wildman–Crippen MR) is 106 cm³/mol. The molecule has 0 saturated heterocycles. The predicted octanol–water partition coefficient (Wildman–Crippen LogP) is 3.43. The summed E-state index contributed by atoms with van der Waals surface area (Å²) in [6.45, 7) is 4.80. The van der Waals surface area contributed by atoms with E-state index in [1.807, 2.05) is 41.2 Å². The average Bonchev–Trinajstić information content (AvgIpc) is 3.18. The van der Waals surface area contributed by atoms with Crippen LogP contribution in [0.4, 0.5) is 5.82 Å². The highest BCUT2D eigenvalue weighted by molar-refractivity contribution is 5.81. The lowest BCUT2D eigenvalue weighted by molar-refractivity contribution is 0.687. The van der Waals surface area contributed by atoms with E-state index in [4.69, 9.17) is 5.73 Å². The van der Waals surface area contributed by atoms with Crippen LogP contribution in [-0.2, 0) is 6.54 Å². The number of nitrogens with zero attached hydrogens (tertiary/aromatic N) is 5. The van der Waals surface area contributed by atoms with Crippen LogP contribution >= 0.6 is 0 Å². The highest BCUT2D eigenvalue weighted by Crippen LogP contribution is 2.26. The summed E-state index contributed by atoms with van der Waals surface area (Å²) >= 11 is 0. The third kappa shape index (κ3) is 3.59. The van der Waals surface area contributed by atoms with Crippen LogP contribution in [0, 0.1) is 0 Å². The molecule has 0 aliphatic carbocycles. The van der Waals surface area contributed by atoms with Crippen LogP contribution < -0.4 is 5.73 Å². The van der Waals surface area contributed by atoms with Crippen LogP contribution in [0.25, 0.3) is 16.8 Å². The van der Waals surface area contributed by atoms with E-state index in [9.17, 15) is 0 Å². The van der Waals surface area contributed by atoms with Crippen molar-refractivity contribution in [2.75, 3.05) is 5.73 Å². The molecular formula is C21H18N6. The van der Waals surface area contributed by atoms with E-state index >= 15 is 0 Å². The summed E-state index contributed by atoms with van der Waals surface area (Å²) in [5.41, 5.74) is 10.9. The second-order valence-electron chi connectivity index (χ2n) is 6.12. The lowest BCUT2D eigenvalue weighted by Gasteiger charge is -2.09. The Balaban J connectivity index is 1.63. The van der Waals surface area contributed by atoms with Gasteiger partial charge in [0.2, 0.25) is 0 Å². The molecule has 0 fully saturated rings. The summed E-state index contributed by atoms with van der Waals surface area (Å²) in [6, 6.07) is 13.9. The second-order valence-corrected chi connectivity index (χ2v) is 6.12. The van der Waals surface area contributed by atoms with Gasteiger partial charge in [-0.3, -0.25) is 9.67 Å². The van der Waals surface area contributed by atoms with Gasteiger partial charge in [-0.2, -0.15) is 5.10 Å². The molecule has 0 atom stereocenters. The van der Waals surface area contributed by atoms with E-state index in [-0.39, 0.29) is 0 Å². The average molecular weight is 354 g/mol. The third-order valence-electron chi connectivity index (χ3n) is 4.21. The molecule has 0 spiro atoms. The molecule has 0 saturated carbocycles. The maximum Gasteiger partial charge on any atom is 0.150 e. The Morgan fingerprint density at radius 1 is 1.04 bits per heavy atom. The highest BCUT2D eigenvalue weighted by Gasteiger charge is 2.13. The minimum absolute atomic E-state index is 0.337. The summed E-state index contributed by atoms with van der Waals surface area (Å²) in [6.07, 6.45) is 8.82. The molecule has 0 radical (unpaired) electrons. The molecule has 6 nitrogen and oxygen atoms in total. The Labute approximate surface area is 157 Å². The van der Waals surface area contributed by atoms with Gasteiger partial charge in [0.25, 0.3) is 0 Å². The summed E-state index contributed by atoms with van der Waals surface area (Å²) in [7, 11) is 0. The number of rotatable bonds is 5. The lowest BCUT2D eigenvalue weighted by Crippen LogP contribution is -2.02. The number of aromatic nitrogens is 5. The highest BCUT2D eigenvalue weighted by atomic mass is 15.3. The van der Waals surface area contributed by atoms with Crippen molar-refractivity contribution in [1.82, 2.24) is 24.7 Å². The first-order valence-electron chi connectivity index (χ1n) is 8.49. The maximum atomic E-state index is 6.04. The van der Waals surface area contributed by atoms with Crippen molar-refractivity contribution in [3.63, 3.8) is 0 Å². The van der Waals surface area contributed by atoms with Crippen molar-refractivity contribution in [2.24, 2.45) is 0 Å². The molecule has 0 amide bonds. The summed E-state index contributed by atoms with van der Waals surface area (Å²) in [5.74, 6) is 0.337. The molecule has 4 rings (SSSR count). The van der Waals surface area contributed by atoms with E-state index in [1.54, 1.807) is 24.8 Å². The first-order chi connectivity index (χ1) is 13.2. The number of nitrogens with two attached hydrogens (primary N) is 1. The van der Waals surface area contributed by atoms with Crippen molar-refractivity contribution in [3.8, 4) is 11.3 Å². The Hall–Kier alpha value is -3.80. The first kappa shape index (κ1) is 16.7. The number of pyridine rings is 1. The molecule has 1 aromatic carbocycles. The van der Waals surface area contributed by atoms with Crippen LogP contribution in [0.3, 0.4) is 0 Å². The Morgan fingerprint density at radius 3 is 2.67 bits per heavy atom. The molecule has 6 heteroatoms. The van der Waals surface area contributed by atoms with Gasteiger partial charge in [0.05, 0.1) is 24.6 Å². The Kier molecular flexibility index (Phi) is 4.45. The standard InChI is InChI=1S/C21H18N6/c1-15(17-8-5-9-23-10-17)20-21(22)24-12-19(26-20)18-11-25-27(14-18)13-16-6-3-2-4-7-16/h2-12,14H,1,13H2,(H2,22,24). The molecule has 2 N–H and O–H groups in total. The smallest absolute Gasteiger partial charge is 0.150 e. The van der Waals surface area contributed by atoms with Crippen LogP contribution in [0.5, 0.6) is 0 Å².